The SMILES string of the molecule is CNCC1CCN(CC=CCl)C1. The summed E-state index contributed by atoms with van der Waals surface area (Å²) in [6.45, 7) is 4.57. The highest BCUT2D eigenvalue weighted by Gasteiger charge is 2.20. The molecule has 0 aromatic heterocycles. The van der Waals surface area contributed by atoms with E-state index in [2.05, 4.69) is 10.2 Å². The lowest BCUT2D eigenvalue weighted by atomic mass is 10.1. The van der Waals surface area contributed by atoms with Crippen molar-refractivity contribution >= 4 is 11.6 Å². The first-order valence-electron chi connectivity index (χ1n) is 4.49. The fraction of sp³-hybridized carbons (Fsp3) is 0.778. The number of hydrogen-bond donors (Lipinski definition) is 1. The maximum atomic E-state index is 5.46. The van der Waals surface area contributed by atoms with E-state index in [-0.39, 0.29) is 0 Å². The van der Waals surface area contributed by atoms with Crippen molar-refractivity contribution in [3.63, 3.8) is 0 Å². The summed E-state index contributed by atoms with van der Waals surface area (Å²) in [5, 5.41) is 3.22. The Morgan fingerprint density at radius 3 is 3.17 bits per heavy atom. The van der Waals surface area contributed by atoms with Crippen molar-refractivity contribution in [2.45, 2.75) is 6.42 Å². The molecular formula is C9H17ClN2. The van der Waals surface area contributed by atoms with Gasteiger partial charge in [0.15, 0.2) is 0 Å². The monoisotopic (exact) mass is 188 g/mol. The number of nitrogens with one attached hydrogen (secondary N) is 1. The summed E-state index contributed by atoms with van der Waals surface area (Å²) in [5.74, 6) is 0.832. The van der Waals surface area contributed by atoms with Crippen molar-refractivity contribution in [2.24, 2.45) is 5.92 Å². The van der Waals surface area contributed by atoms with Crippen LogP contribution in [0.5, 0.6) is 0 Å². The fourth-order valence-electron chi connectivity index (χ4n) is 1.72. The average Bonchev–Trinajstić information content (AvgIpc) is 2.50. The van der Waals surface area contributed by atoms with Gasteiger partial charge in [0.05, 0.1) is 0 Å². The van der Waals surface area contributed by atoms with Gasteiger partial charge in [0.25, 0.3) is 0 Å². The van der Waals surface area contributed by atoms with E-state index in [4.69, 9.17) is 11.6 Å². The third-order valence-corrected chi connectivity index (χ3v) is 2.49. The average molecular weight is 189 g/mol. The molecule has 3 heteroatoms. The van der Waals surface area contributed by atoms with Crippen molar-refractivity contribution in [1.82, 2.24) is 10.2 Å². The Morgan fingerprint density at radius 2 is 2.50 bits per heavy atom. The van der Waals surface area contributed by atoms with E-state index in [0.29, 0.717) is 0 Å². The molecule has 70 valence electrons. The second kappa shape index (κ2) is 5.57. The zero-order valence-electron chi connectivity index (χ0n) is 7.59. The van der Waals surface area contributed by atoms with Gasteiger partial charge in [0.1, 0.15) is 0 Å². The zero-order valence-corrected chi connectivity index (χ0v) is 8.35. The minimum Gasteiger partial charge on any atom is -0.319 e. The lowest BCUT2D eigenvalue weighted by molar-refractivity contribution is 0.357. The second-order valence-corrected chi connectivity index (χ2v) is 3.59. The van der Waals surface area contributed by atoms with E-state index < -0.39 is 0 Å². The summed E-state index contributed by atoms with van der Waals surface area (Å²) < 4.78 is 0. The number of nitrogens with zero attached hydrogens (tertiary/aromatic N) is 1. The predicted octanol–water partition coefficient (Wildman–Crippen LogP) is 1.28. The van der Waals surface area contributed by atoms with Crippen LogP contribution in [-0.4, -0.2) is 38.1 Å². The molecule has 0 bridgehead atoms. The topological polar surface area (TPSA) is 15.3 Å². The molecule has 0 aromatic carbocycles. The van der Waals surface area contributed by atoms with Crippen molar-refractivity contribution in [3.8, 4) is 0 Å². The van der Waals surface area contributed by atoms with Crippen LogP contribution in [0, 0.1) is 5.92 Å². The molecule has 0 amide bonds. The Morgan fingerprint density at radius 1 is 1.67 bits per heavy atom. The van der Waals surface area contributed by atoms with Crippen LogP contribution < -0.4 is 5.32 Å². The Bertz CT molecular complexity index is 147. The summed E-state index contributed by atoms with van der Waals surface area (Å²) in [4.78, 5) is 2.43. The molecule has 0 aliphatic carbocycles. The zero-order chi connectivity index (χ0) is 8.81. The molecule has 1 fully saturated rings. The molecule has 1 unspecified atom stereocenters. The van der Waals surface area contributed by atoms with Crippen LogP contribution in [0.4, 0.5) is 0 Å². The number of rotatable bonds is 4. The third kappa shape index (κ3) is 3.13. The van der Waals surface area contributed by atoms with Crippen molar-refractivity contribution in [2.75, 3.05) is 33.2 Å². The molecule has 1 saturated heterocycles. The molecule has 1 rings (SSSR count). The van der Waals surface area contributed by atoms with E-state index in [1.54, 1.807) is 5.54 Å². The van der Waals surface area contributed by atoms with E-state index in [1.807, 2.05) is 13.1 Å². The van der Waals surface area contributed by atoms with Crippen LogP contribution in [0.2, 0.25) is 0 Å². The molecule has 0 radical (unpaired) electrons. The van der Waals surface area contributed by atoms with Crippen LogP contribution in [-0.2, 0) is 0 Å². The summed E-state index contributed by atoms with van der Waals surface area (Å²) in [6, 6.07) is 0. The number of likely N-dealkylation sites (tertiary alicyclic amines) is 1. The Kier molecular flexibility index (Phi) is 4.66. The Hall–Kier alpha value is -0.0500. The maximum Gasteiger partial charge on any atom is 0.0174 e. The van der Waals surface area contributed by atoms with E-state index >= 15 is 0 Å². The lowest BCUT2D eigenvalue weighted by Crippen LogP contribution is -2.24. The highest BCUT2D eigenvalue weighted by molar-refractivity contribution is 6.25. The van der Waals surface area contributed by atoms with E-state index in [0.717, 1.165) is 19.0 Å². The third-order valence-electron chi connectivity index (χ3n) is 2.32. The molecule has 1 aliphatic heterocycles. The van der Waals surface area contributed by atoms with Gasteiger partial charge in [-0.3, -0.25) is 4.90 Å². The standard InChI is InChI=1S/C9H17ClN2/c1-11-7-9-3-6-12(8-9)5-2-4-10/h2,4,9,11H,3,5-8H2,1H3. The van der Waals surface area contributed by atoms with Gasteiger partial charge in [-0.15, -0.1) is 0 Å². The van der Waals surface area contributed by atoms with Crippen molar-refractivity contribution in [1.29, 1.82) is 0 Å². The van der Waals surface area contributed by atoms with Crippen molar-refractivity contribution in [3.05, 3.63) is 11.6 Å². The first kappa shape index (κ1) is 10.0. The first-order chi connectivity index (χ1) is 5.86. The maximum absolute atomic E-state index is 5.46. The van der Waals surface area contributed by atoms with Gasteiger partial charge in [0, 0.05) is 18.6 Å². The van der Waals surface area contributed by atoms with Crippen molar-refractivity contribution < 1.29 is 0 Å². The lowest BCUT2D eigenvalue weighted by Gasteiger charge is -2.12. The minimum atomic E-state index is 0.832. The molecule has 0 saturated carbocycles. The van der Waals surface area contributed by atoms with Gasteiger partial charge >= 0.3 is 0 Å². The summed E-state index contributed by atoms with van der Waals surface area (Å²) in [5.41, 5.74) is 1.60. The summed E-state index contributed by atoms with van der Waals surface area (Å²) in [6.07, 6.45) is 3.32. The highest BCUT2D eigenvalue weighted by atomic mass is 35.5. The molecule has 1 atom stereocenters. The fourth-order valence-corrected chi connectivity index (χ4v) is 1.80. The normalized spacial score (nSPS) is 25.7. The van der Waals surface area contributed by atoms with Gasteiger partial charge in [-0.1, -0.05) is 17.7 Å². The molecule has 1 N–H and O–H groups in total. The van der Waals surface area contributed by atoms with Crippen LogP contribution in [0.25, 0.3) is 0 Å². The minimum absolute atomic E-state index is 0.832. The molecule has 0 spiro atoms. The number of halogens is 1. The second-order valence-electron chi connectivity index (χ2n) is 3.33. The van der Waals surface area contributed by atoms with Gasteiger partial charge in [-0.25, -0.2) is 0 Å². The molecule has 1 aliphatic rings. The van der Waals surface area contributed by atoms with Crippen LogP contribution in [0.1, 0.15) is 6.42 Å². The number of hydrogen-bond acceptors (Lipinski definition) is 2. The van der Waals surface area contributed by atoms with Gasteiger partial charge < -0.3 is 5.32 Å². The van der Waals surface area contributed by atoms with Gasteiger partial charge in [-0.05, 0) is 32.5 Å². The highest BCUT2D eigenvalue weighted by Crippen LogP contribution is 2.14. The van der Waals surface area contributed by atoms with Crippen LogP contribution in [0.3, 0.4) is 0 Å². The van der Waals surface area contributed by atoms with Crippen LogP contribution >= 0.6 is 11.6 Å². The van der Waals surface area contributed by atoms with Gasteiger partial charge in [-0.2, -0.15) is 0 Å². The largest absolute Gasteiger partial charge is 0.319 e. The molecule has 0 aromatic rings. The first-order valence-corrected chi connectivity index (χ1v) is 4.92. The molecule has 2 nitrogen and oxygen atoms in total. The van der Waals surface area contributed by atoms with E-state index in [1.165, 1.54) is 19.5 Å². The van der Waals surface area contributed by atoms with Gasteiger partial charge in [0.2, 0.25) is 0 Å². The summed E-state index contributed by atoms with van der Waals surface area (Å²) >= 11 is 5.46. The quantitative estimate of drug-likeness (QED) is 0.715. The Balaban J connectivity index is 2.16. The molecular weight excluding hydrogens is 172 g/mol. The predicted molar refractivity (Wildman–Crippen MR) is 53.5 cm³/mol. The Labute approximate surface area is 79.6 Å². The smallest absolute Gasteiger partial charge is 0.0174 e. The molecule has 12 heavy (non-hydrogen) atoms. The summed E-state index contributed by atoms with van der Waals surface area (Å²) in [7, 11) is 2.02. The van der Waals surface area contributed by atoms with E-state index in [9.17, 15) is 0 Å². The van der Waals surface area contributed by atoms with Crippen LogP contribution in [0.15, 0.2) is 11.6 Å². The molecule has 1 heterocycles.